The van der Waals surface area contributed by atoms with Crippen LogP contribution in [0.25, 0.3) is 21.6 Å². The normalized spacial score (nSPS) is 21.7. The summed E-state index contributed by atoms with van der Waals surface area (Å²) in [6.07, 6.45) is 9.90. The molecule has 0 radical (unpaired) electrons. The zero-order chi connectivity index (χ0) is 18.2. The molecular weight excluding hydrogens is 354 g/mol. The highest BCUT2D eigenvalue weighted by molar-refractivity contribution is 7.19. The molecule has 5 rings (SSSR count). The highest BCUT2D eigenvalue weighted by Crippen LogP contribution is 2.40. The first-order chi connectivity index (χ1) is 13.3. The van der Waals surface area contributed by atoms with Crippen molar-refractivity contribution in [3.63, 3.8) is 0 Å². The summed E-state index contributed by atoms with van der Waals surface area (Å²) in [6, 6.07) is 4.68. The summed E-state index contributed by atoms with van der Waals surface area (Å²) in [7, 11) is 0. The second kappa shape index (κ2) is 7.17. The van der Waals surface area contributed by atoms with Crippen molar-refractivity contribution in [2.75, 3.05) is 25.0 Å². The van der Waals surface area contributed by atoms with E-state index in [1.165, 1.54) is 54.6 Å². The van der Waals surface area contributed by atoms with Crippen molar-refractivity contribution in [2.45, 2.75) is 45.1 Å². The molecular formula is C21H26N5S+. The zero-order valence-electron chi connectivity index (χ0n) is 15.8. The summed E-state index contributed by atoms with van der Waals surface area (Å²) in [4.78, 5) is 18.5. The standard InChI is InChI=1S/C21H25N5S/c1-2-26-11-5-7-15(26)13-23-20-18-16-8-3-9-17(16)27-21(18)25-19(24-20)14-6-4-10-22-12-14/h4,6,10,12,15H,2-3,5,7-9,11,13H2,1H3,(H,23,24,25)/p+1/t15-/m0/s1. The maximum atomic E-state index is 4.97. The van der Waals surface area contributed by atoms with Crippen molar-refractivity contribution < 1.29 is 4.90 Å². The van der Waals surface area contributed by atoms with E-state index in [4.69, 9.17) is 9.97 Å². The minimum Gasteiger partial charge on any atom is -0.363 e. The van der Waals surface area contributed by atoms with Gasteiger partial charge in [0.05, 0.1) is 25.0 Å². The van der Waals surface area contributed by atoms with Crippen LogP contribution in [-0.4, -0.2) is 40.6 Å². The molecule has 27 heavy (non-hydrogen) atoms. The fourth-order valence-corrected chi connectivity index (χ4v) is 5.92. The summed E-state index contributed by atoms with van der Waals surface area (Å²) in [5, 5.41) is 5.01. The minimum absolute atomic E-state index is 0.688. The highest BCUT2D eigenvalue weighted by Gasteiger charge is 2.28. The Morgan fingerprint density at radius 2 is 2.22 bits per heavy atom. The molecule has 1 unspecified atom stereocenters. The third-order valence-electron chi connectivity index (χ3n) is 6.08. The molecule has 0 amide bonds. The van der Waals surface area contributed by atoms with E-state index in [9.17, 15) is 0 Å². The molecule has 2 atom stereocenters. The Morgan fingerprint density at radius 1 is 1.26 bits per heavy atom. The average molecular weight is 381 g/mol. The van der Waals surface area contributed by atoms with E-state index in [1.807, 2.05) is 29.7 Å². The monoisotopic (exact) mass is 380 g/mol. The van der Waals surface area contributed by atoms with Crippen molar-refractivity contribution in [3.05, 3.63) is 35.0 Å². The Balaban J connectivity index is 1.54. The van der Waals surface area contributed by atoms with Gasteiger partial charge in [-0.25, -0.2) is 9.97 Å². The van der Waals surface area contributed by atoms with Gasteiger partial charge in [-0.1, -0.05) is 0 Å². The molecule has 140 valence electrons. The summed E-state index contributed by atoms with van der Waals surface area (Å²) in [5.41, 5.74) is 2.47. The van der Waals surface area contributed by atoms with Crippen LogP contribution < -0.4 is 10.2 Å². The van der Waals surface area contributed by atoms with Crippen LogP contribution in [0.5, 0.6) is 0 Å². The van der Waals surface area contributed by atoms with E-state index < -0.39 is 0 Å². The molecule has 3 aromatic heterocycles. The number of anilines is 1. The van der Waals surface area contributed by atoms with Crippen LogP contribution in [0.4, 0.5) is 5.82 Å². The van der Waals surface area contributed by atoms with Crippen molar-refractivity contribution in [1.29, 1.82) is 0 Å². The fourth-order valence-electron chi connectivity index (χ4n) is 4.66. The van der Waals surface area contributed by atoms with Crippen LogP contribution in [-0.2, 0) is 12.8 Å². The van der Waals surface area contributed by atoms with Crippen molar-refractivity contribution >= 4 is 27.4 Å². The topological polar surface area (TPSA) is 55.1 Å². The van der Waals surface area contributed by atoms with Gasteiger partial charge >= 0.3 is 0 Å². The number of nitrogens with one attached hydrogen (secondary N) is 2. The lowest BCUT2D eigenvalue weighted by Gasteiger charge is -2.20. The number of aryl methyl sites for hydroxylation is 2. The van der Waals surface area contributed by atoms with Crippen LogP contribution in [0.2, 0.25) is 0 Å². The number of aromatic nitrogens is 3. The van der Waals surface area contributed by atoms with Gasteiger partial charge in [0, 0.05) is 35.7 Å². The minimum atomic E-state index is 0.688. The summed E-state index contributed by atoms with van der Waals surface area (Å²) < 4.78 is 0. The van der Waals surface area contributed by atoms with Crippen molar-refractivity contribution in [2.24, 2.45) is 0 Å². The van der Waals surface area contributed by atoms with E-state index in [0.717, 1.165) is 35.0 Å². The maximum absolute atomic E-state index is 4.97. The van der Waals surface area contributed by atoms with Crippen LogP contribution in [0, 0.1) is 0 Å². The van der Waals surface area contributed by atoms with E-state index >= 15 is 0 Å². The van der Waals surface area contributed by atoms with Crippen LogP contribution >= 0.6 is 11.3 Å². The predicted octanol–water partition coefficient (Wildman–Crippen LogP) is 2.72. The first kappa shape index (κ1) is 17.1. The van der Waals surface area contributed by atoms with Crippen LogP contribution in [0.1, 0.15) is 36.6 Å². The van der Waals surface area contributed by atoms with Gasteiger partial charge in [0.15, 0.2) is 5.82 Å². The van der Waals surface area contributed by atoms with Gasteiger partial charge in [0.1, 0.15) is 16.7 Å². The van der Waals surface area contributed by atoms with E-state index in [1.54, 1.807) is 11.1 Å². The largest absolute Gasteiger partial charge is 0.363 e. The van der Waals surface area contributed by atoms with Crippen molar-refractivity contribution in [1.82, 2.24) is 15.0 Å². The first-order valence-corrected chi connectivity index (χ1v) is 11.0. The van der Waals surface area contributed by atoms with Gasteiger partial charge in [-0.15, -0.1) is 11.3 Å². The number of pyridine rings is 1. The molecule has 2 N–H and O–H groups in total. The van der Waals surface area contributed by atoms with Gasteiger partial charge in [0.2, 0.25) is 0 Å². The van der Waals surface area contributed by atoms with Gasteiger partial charge in [0.25, 0.3) is 0 Å². The third-order valence-corrected chi connectivity index (χ3v) is 7.27. The SMILES string of the molecule is CC[NH+]1CCC[C@H]1CNc1nc(-c2cccnc2)nc2sc3c(c12)CCC3. The Bertz CT molecular complexity index is 952. The van der Waals surface area contributed by atoms with E-state index in [0.29, 0.717) is 6.04 Å². The maximum Gasteiger partial charge on any atom is 0.164 e. The first-order valence-electron chi connectivity index (χ1n) is 10.1. The van der Waals surface area contributed by atoms with Crippen LogP contribution in [0.15, 0.2) is 24.5 Å². The van der Waals surface area contributed by atoms with Crippen molar-refractivity contribution in [3.8, 4) is 11.4 Å². The molecule has 2 aliphatic rings. The third kappa shape index (κ3) is 3.11. The molecule has 3 aromatic rings. The number of hydrogen-bond acceptors (Lipinski definition) is 5. The summed E-state index contributed by atoms with van der Waals surface area (Å²) in [5.74, 6) is 1.81. The Morgan fingerprint density at radius 3 is 3.07 bits per heavy atom. The number of rotatable bonds is 5. The van der Waals surface area contributed by atoms with E-state index in [-0.39, 0.29) is 0 Å². The second-order valence-electron chi connectivity index (χ2n) is 7.66. The molecule has 5 nitrogen and oxygen atoms in total. The summed E-state index contributed by atoms with van der Waals surface area (Å²) in [6.45, 7) is 5.80. The van der Waals surface area contributed by atoms with Crippen LogP contribution in [0.3, 0.4) is 0 Å². The number of fused-ring (bicyclic) bond motifs is 3. The Labute approximate surface area is 163 Å². The molecule has 0 aromatic carbocycles. The molecule has 0 spiro atoms. The van der Waals surface area contributed by atoms with E-state index in [2.05, 4.69) is 17.2 Å². The Kier molecular flexibility index (Phi) is 4.53. The molecule has 6 heteroatoms. The lowest BCUT2D eigenvalue weighted by molar-refractivity contribution is -0.908. The molecule has 0 bridgehead atoms. The number of quaternary nitrogens is 1. The molecule has 1 fully saturated rings. The predicted molar refractivity (Wildman–Crippen MR) is 111 cm³/mol. The molecule has 1 aliphatic carbocycles. The number of thiophene rings is 1. The highest BCUT2D eigenvalue weighted by atomic mass is 32.1. The van der Waals surface area contributed by atoms with Gasteiger partial charge in [-0.3, -0.25) is 4.98 Å². The molecule has 4 heterocycles. The zero-order valence-corrected chi connectivity index (χ0v) is 16.6. The quantitative estimate of drug-likeness (QED) is 0.715. The average Bonchev–Trinajstić information content (AvgIpc) is 3.41. The number of likely N-dealkylation sites (tertiary alicyclic amines) is 1. The second-order valence-corrected chi connectivity index (χ2v) is 8.74. The number of hydrogen-bond donors (Lipinski definition) is 2. The number of nitrogens with zero attached hydrogens (tertiary/aromatic N) is 3. The lowest BCUT2D eigenvalue weighted by Crippen LogP contribution is -3.14. The van der Waals surface area contributed by atoms with Gasteiger partial charge < -0.3 is 10.2 Å². The molecule has 0 saturated carbocycles. The van der Waals surface area contributed by atoms with Gasteiger partial charge in [-0.05, 0) is 43.9 Å². The molecule has 1 aliphatic heterocycles. The molecule has 1 saturated heterocycles. The summed E-state index contributed by atoms with van der Waals surface area (Å²) >= 11 is 1.86. The fraction of sp³-hybridized carbons (Fsp3) is 0.476. The smallest absolute Gasteiger partial charge is 0.164 e. The Hall–Kier alpha value is -2.05. The number of likely N-dealkylation sites (N-methyl/N-ethyl adjacent to an activating group) is 1. The lowest BCUT2D eigenvalue weighted by atomic mass is 10.1. The van der Waals surface area contributed by atoms with Gasteiger partial charge in [-0.2, -0.15) is 0 Å².